The number of amides is 1. The number of aromatic nitrogens is 3. The minimum absolute atomic E-state index is 0.140. The second-order valence-corrected chi connectivity index (χ2v) is 10.4. The Hall–Kier alpha value is -2.85. The van der Waals surface area contributed by atoms with Gasteiger partial charge in [0.25, 0.3) is 0 Å². The van der Waals surface area contributed by atoms with Crippen LogP contribution in [0.1, 0.15) is 57.2 Å². The molecule has 2 aromatic heterocycles. The molecule has 1 N–H and O–H groups in total. The average molecular weight is 501 g/mol. The van der Waals surface area contributed by atoms with Crippen LogP contribution < -0.4 is 10.1 Å². The van der Waals surface area contributed by atoms with Gasteiger partial charge in [0, 0.05) is 11.9 Å². The quantitative estimate of drug-likeness (QED) is 0.356. The summed E-state index contributed by atoms with van der Waals surface area (Å²) in [5, 5.41) is 12.6. The lowest BCUT2D eigenvalue weighted by molar-refractivity contribution is -0.113. The number of carbonyl (C=O) groups is 2. The summed E-state index contributed by atoms with van der Waals surface area (Å²) in [6.07, 6.45) is 2.48. The van der Waals surface area contributed by atoms with E-state index in [4.69, 9.17) is 9.47 Å². The first-order valence-corrected chi connectivity index (χ1v) is 12.9. The summed E-state index contributed by atoms with van der Waals surface area (Å²) < 4.78 is 12.9. The van der Waals surface area contributed by atoms with Gasteiger partial charge in [0.1, 0.15) is 10.8 Å². The summed E-state index contributed by atoms with van der Waals surface area (Å²) >= 11 is 2.75. The van der Waals surface area contributed by atoms with E-state index in [1.807, 2.05) is 44.5 Å². The third-order valence-corrected chi connectivity index (χ3v) is 7.86. The summed E-state index contributed by atoms with van der Waals surface area (Å²) in [5.74, 6) is 0.981. The Morgan fingerprint density at radius 1 is 1.21 bits per heavy atom. The molecule has 34 heavy (non-hydrogen) atoms. The van der Waals surface area contributed by atoms with Crippen LogP contribution in [0, 0.1) is 13.8 Å². The van der Waals surface area contributed by atoms with E-state index in [0.717, 1.165) is 46.6 Å². The van der Waals surface area contributed by atoms with Crippen molar-refractivity contribution >= 4 is 40.0 Å². The highest BCUT2D eigenvalue weighted by Gasteiger charge is 2.28. The highest BCUT2D eigenvalue weighted by atomic mass is 32.2. The molecule has 4 rings (SSSR count). The topological polar surface area (TPSA) is 95.3 Å². The number of benzene rings is 1. The first-order chi connectivity index (χ1) is 16.3. The van der Waals surface area contributed by atoms with Crippen LogP contribution in [-0.4, -0.2) is 39.5 Å². The fourth-order valence-electron chi connectivity index (χ4n) is 4.17. The van der Waals surface area contributed by atoms with Gasteiger partial charge in [-0.05, 0) is 68.9 Å². The molecular weight excluding hydrogens is 472 g/mol. The third-order valence-electron chi connectivity index (χ3n) is 5.64. The number of ether oxygens (including phenoxy) is 2. The number of carbonyl (C=O) groups excluding carboxylic acids is 2. The molecule has 10 heteroatoms. The summed E-state index contributed by atoms with van der Waals surface area (Å²) in [6.45, 7) is 5.99. The van der Waals surface area contributed by atoms with Crippen molar-refractivity contribution in [2.75, 3.05) is 18.2 Å². The molecule has 1 atom stereocenters. The molecular formula is C24H28N4O4S2. The van der Waals surface area contributed by atoms with Gasteiger partial charge in [-0.15, -0.1) is 21.5 Å². The molecule has 0 fully saturated rings. The zero-order chi connectivity index (χ0) is 24.4. The van der Waals surface area contributed by atoms with Gasteiger partial charge in [-0.2, -0.15) is 0 Å². The molecule has 1 aliphatic carbocycles. The van der Waals surface area contributed by atoms with Gasteiger partial charge in [0.05, 0.1) is 18.4 Å². The number of methoxy groups -OCH3 is 1. The van der Waals surface area contributed by atoms with Gasteiger partial charge >= 0.3 is 5.97 Å². The molecule has 1 aliphatic rings. The maximum atomic E-state index is 12.7. The molecule has 2 heterocycles. The molecule has 0 spiro atoms. The number of nitrogens with one attached hydrogen (secondary N) is 1. The van der Waals surface area contributed by atoms with Gasteiger partial charge in [-0.25, -0.2) is 4.79 Å². The number of thioether (sulfide) groups is 1. The summed E-state index contributed by atoms with van der Waals surface area (Å²) in [5.41, 5.74) is 3.77. The molecule has 3 aromatic rings. The normalized spacial score (nSPS) is 13.4. The Balaban J connectivity index is 1.39. The number of anilines is 1. The van der Waals surface area contributed by atoms with Crippen molar-refractivity contribution in [1.29, 1.82) is 0 Å². The lowest BCUT2D eigenvalue weighted by Crippen LogP contribution is -2.16. The molecule has 0 saturated heterocycles. The fourth-order valence-corrected chi connectivity index (χ4v) is 6.18. The van der Waals surface area contributed by atoms with Crippen LogP contribution >= 0.6 is 23.1 Å². The van der Waals surface area contributed by atoms with Gasteiger partial charge in [-0.3, -0.25) is 4.79 Å². The number of thiophene rings is 1. The third kappa shape index (κ3) is 5.12. The molecule has 8 nitrogen and oxygen atoms in total. The minimum Gasteiger partial charge on any atom is -0.483 e. The molecule has 1 unspecified atom stereocenters. The van der Waals surface area contributed by atoms with Crippen LogP contribution in [0.15, 0.2) is 23.4 Å². The van der Waals surface area contributed by atoms with Crippen molar-refractivity contribution in [2.24, 2.45) is 7.05 Å². The molecule has 0 radical (unpaired) electrons. The summed E-state index contributed by atoms with van der Waals surface area (Å²) in [4.78, 5) is 26.1. The van der Waals surface area contributed by atoms with E-state index in [0.29, 0.717) is 21.5 Å². The first-order valence-electron chi connectivity index (χ1n) is 11.1. The molecule has 0 aliphatic heterocycles. The van der Waals surface area contributed by atoms with Crippen LogP contribution in [0.3, 0.4) is 0 Å². The predicted octanol–water partition coefficient (Wildman–Crippen LogP) is 4.64. The highest BCUT2D eigenvalue weighted by molar-refractivity contribution is 7.99. The van der Waals surface area contributed by atoms with Crippen molar-refractivity contribution in [3.05, 3.63) is 51.2 Å². The summed E-state index contributed by atoms with van der Waals surface area (Å²) in [7, 11) is 3.22. The lowest BCUT2D eigenvalue weighted by atomic mass is 10.1. The minimum atomic E-state index is -0.405. The number of fused-ring (bicyclic) bond motifs is 1. The van der Waals surface area contributed by atoms with Gasteiger partial charge in [0.2, 0.25) is 5.91 Å². The Morgan fingerprint density at radius 2 is 1.94 bits per heavy atom. The van der Waals surface area contributed by atoms with E-state index in [9.17, 15) is 9.59 Å². The summed E-state index contributed by atoms with van der Waals surface area (Å²) in [6, 6.07) is 6.07. The van der Waals surface area contributed by atoms with E-state index in [2.05, 4.69) is 21.6 Å². The van der Waals surface area contributed by atoms with Crippen LogP contribution in [0.25, 0.3) is 0 Å². The van der Waals surface area contributed by atoms with Crippen LogP contribution in [0.2, 0.25) is 0 Å². The highest BCUT2D eigenvalue weighted by Crippen LogP contribution is 2.39. The van der Waals surface area contributed by atoms with E-state index >= 15 is 0 Å². The van der Waals surface area contributed by atoms with Crippen LogP contribution in [0.4, 0.5) is 5.00 Å². The predicted molar refractivity (Wildman–Crippen MR) is 133 cm³/mol. The van der Waals surface area contributed by atoms with E-state index in [1.54, 1.807) is 0 Å². The van der Waals surface area contributed by atoms with E-state index in [1.165, 1.54) is 30.2 Å². The Kier molecular flexibility index (Phi) is 7.27. The monoisotopic (exact) mass is 500 g/mol. The van der Waals surface area contributed by atoms with Crippen LogP contribution in [0.5, 0.6) is 5.75 Å². The number of aryl methyl sites for hydroxylation is 3. The van der Waals surface area contributed by atoms with Crippen molar-refractivity contribution < 1.29 is 19.1 Å². The number of nitrogens with zero attached hydrogens (tertiary/aromatic N) is 3. The Morgan fingerprint density at radius 3 is 2.65 bits per heavy atom. The van der Waals surface area contributed by atoms with Crippen molar-refractivity contribution in [3.8, 4) is 5.75 Å². The van der Waals surface area contributed by atoms with E-state index in [-0.39, 0.29) is 17.8 Å². The zero-order valence-electron chi connectivity index (χ0n) is 19.9. The Bertz CT molecular complexity index is 1210. The van der Waals surface area contributed by atoms with Crippen LogP contribution in [-0.2, 0) is 29.4 Å². The van der Waals surface area contributed by atoms with Crippen molar-refractivity contribution in [1.82, 2.24) is 14.8 Å². The van der Waals surface area contributed by atoms with Gasteiger partial charge in [-0.1, -0.05) is 17.8 Å². The molecule has 180 valence electrons. The van der Waals surface area contributed by atoms with Crippen molar-refractivity contribution in [2.45, 2.75) is 51.3 Å². The first kappa shape index (κ1) is 24.3. The SMILES string of the molecule is COC(=O)c1c(NC(=O)CSc2nnc(C(C)Oc3cc(C)cc(C)c3)n2C)sc2c1CCC2. The average Bonchev–Trinajstić information content (AvgIpc) is 3.45. The number of esters is 1. The Labute approximate surface area is 207 Å². The largest absolute Gasteiger partial charge is 0.483 e. The number of hydrogen-bond donors (Lipinski definition) is 1. The molecule has 1 aromatic carbocycles. The zero-order valence-corrected chi connectivity index (χ0v) is 21.6. The molecule has 0 saturated carbocycles. The van der Waals surface area contributed by atoms with E-state index < -0.39 is 5.97 Å². The van der Waals surface area contributed by atoms with Gasteiger partial charge < -0.3 is 19.4 Å². The second kappa shape index (κ2) is 10.2. The number of rotatable bonds is 8. The van der Waals surface area contributed by atoms with Gasteiger partial charge in [0.15, 0.2) is 17.1 Å². The molecule has 0 bridgehead atoms. The smallest absolute Gasteiger partial charge is 0.341 e. The fraction of sp³-hybridized carbons (Fsp3) is 0.417. The number of hydrogen-bond acceptors (Lipinski definition) is 8. The lowest BCUT2D eigenvalue weighted by Gasteiger charge is -2.15. The van der Waals surface area contributed by atoms with Crippen molar-refractivity contribution in [3.63, 3.8) is 0 Å². The maximum Gasteiger partial charge on any atom is 0.341 e. The molecule has 1 amide bonds. The standard InChI is InChI=1S/C24H28N4O4S2/c1-13-9-14(2)11-16(10-13)32-15(3)21-26-27-24(28(21)4)33-12-19(29)25-22-20(23(30)31-5)17-7-6-8-18(17)34-22/h9-11,15H,6-8,12H2,1-5H3,(H,25,29). The maximum absolute atomic E-state index is 12.7. The second-order valence-electron chi connectivity index (χ2n) is 8.37.